The molecule has 0 aliphatic carbocycles. The third-order valence-corrected chi connectivity index (χ3v) is 17.9. The maximum absolute atomic E-state index is 13.1. The molecule has 0 aromatic rings. The molecule has 0 aromatic carbocycles. The van der Waals surface area contributed by atoms with Gasteiger partial charge in [0.05, 0.1) is 32.8 Å². The van der Waals surface area contributed by atoms with Crippen molar-refractivity contribution in [2.45, 2.75) is 316 Å². The van der Waals surface area contributed by atoms with Crippen molar-refractivity contribution in [3.8, 4) is 0 Å². The van der Waals surface area contributed by atoms with Gasteiger partial charge in [-0.3, -0.25) is 37.3 Å². The fraction of sp³-hybridized carbons (Fsp3) is 0.647. The average molecular weight is 1500 g/mol. The van der Waals surface area contributed by atoms with Crippen LogP contribution in [0.3, 0.4) is 0 Å². The summed E-state index contributed by atoms with van der Waals surface area (Å²) in [6.45, 7) is 4.36. The van der Waals surface area contributed by atoms with Crippen LogP contribution in [0.5, 0.6) is 0 Å². The van der Waals surface area contributed by atoms with Crippen molar-refractivity contribution in [1.82, 2.24) is 0 Å². The number of phosphoric ester groups is 2. The molecule has 17 nitrogen and oxygen atoms in total. The molecule has 0 aliphatic heterocycles. The summed E-state index contributed by atoms with van der Waals surface area (Å²) >= 11 is 0. The van der Waals surface area contributed by atoms with Crippen LogP contribution in [0.2, 0.25) is 0 Å². The van der Waals surface area contributed by atoms with Crippen LogP contribution >= 0.6 is 15.6 Å². The largest absolute Gasteiger partial charge is 0.472 e. The van der Waals surface area contributed by atoms with Gasteiger partial charge in [0.2, 0.25) is 0 Å². The number of unbranched alkanes of at least 4 members (excludes halogenated alkanes) is 22. The molecule has 0 bridgehead atoms. The normalized spacial score (nSPS) is 14.7. The summed E-state index contributed by atoms with van der Waals surface area (Å²) < 4.78 is 68.5. The predicted molar refractivity (Wildman–Crippen MR) is 427 cm³/mol. The number of carbonyl (C=O) groups is 4. The Balaban J connectivity index is 5.45. The summed E-state index contributed by atoms with van der Waals surface area (Å²) in [6.07, 6.45) is 88.2. The fourth-order valence-electron chi connectivity index (χ4n) is 10.1. The maximum Gasteiger partial charge on any atom is 0.472 e. The first-order valence-electron chi connectivity index (χ1n) is 39.7. The molecule has 0 heterocycles. The van der Waals surface area contributed by atoms with Gasteiger partial charge in [-0.15, -0.1) is 0 Å². The van der Waals surface area contributed by atoms with E-state index in [-0.39, 0.29) is 25.7 Å². The average Bonchev–Trinajstić information content (AvgIpc) is 1.21. The molecule has 0 aliphatic rings. The van der Waals surface area contributed by atoms with Crippen LogP contribution in [0.4, 0.5) is 0 Å². The van der Waals surface area contributed by atoms with E-state index < -0.39 is 97.5 Å². The number of aliphatic hydroxyl groups excluding tert-OH is 1. The molecule has 0 fully saturated rings. The van der Waals surface area contributed by atoms with Gasteiger partial charge in [-0.25, -0.2) is 9.13 Å². The molecule has 0 saturated heterocycles. The second-order valence-corrected chi connectivity index (χ2v) is 28.8. The van der Waals surface area contributed by atoms with Crippen molar-refractivity contribution in [1.29, 1.82) is 0 Å². The van der Waals surface area contributed by atoms with Gasteiger partial charge in [-0.2, -0.15) is 0 Å². The lowest BCUT2D eigenvalue weighted by atomic mass is 10.1. The minimum Gasteiger partial charge on any atom is -0.462 e. The molecule has 0 radical (unpaired) electrons. The van der Waals surface area contributed by atoms with E-state index in [4.69, 9.17) is 37.0 Å². The molecular formula is C85H140O17P2. The van der Waals surface area contributed by atoms with Gasteiger partial charge in [-0.1, -0.05) is 282 Å². The molecule has 0 spiro atoms. The molecule has 0 saturated carbocycles. The lowest BCUT2D eigenvalue weighted by Gasteiger charge is -2.21. The Bertz CT molecular complexity index is 2590. The summed E-state index contributed by atoms with van der Waals surface area (Å²) in [4.78, 5) is 73.0. The van der Waals surface area contributed by atoms with Crippen molar-refractivity contribution in [3.05, 3.63) is 158 Å². The van der Waals surface area contributed by atoms with Crippen LogP contribution in [0, 0.1) is 0 Å². The number of aliphatic hydroxyl groups is 1. The van der Waals surface area contributed by atoms with Gasteiger partial charge < -0.3 is 33.8 Å². The third kappa shape index (κ3) is 74.9. The molecule has 104 heavy (non-hydrogen) atoms. The molecule has 3 N–H and O–H groups in total. The molecule has 592 valence electrons. The topological polar surface area (TPSA) is 237 Å². The van der Waals surface area contributed by atoms with E-state index in [1.165, 1.54) is 19.3 Å². The van der Waals surface area contributed by atoms with E-state index in [1.54, 1.807) is 12.2 Å². The highest BCUT2D eigenvalue weighted by molar-refractivity contribution is 7.47. The number of ether oxygens (including phenoxy) is 4. The number of allylic oxidation sites excluding steroid dienone is 25. The zero-order valence-electron chi connectivity index (χ0n) is 64.6. The first-order valence-corrected chi connectivity index (χ1v) is 42.7. The highest BCUT2D eigenvalue weighted by Crippen LogP contribution is 2.45. The quantitative estimate of drug-likeness (QED) is 0.0169. The van der Waals surface area contributed by atoms with Crippen molar-refractivity contribution < 1.29 is 80.2 Å². The Morgan fingerprint density at radius 1 is 0.288 bits per heavy atom. The van der Waals surface area contributed by atoms with E-state index >= 15 is 0 Å². The lowest BCUT2D eigenvalue weighted by Crippen LogP contribution is -2.30. The standard InChI is InChI=1S/C85H140O17P2/c1-5-9-13-17-21-25-29-33-37-39-43-45-49-53-57-61-65-69-82(87)95-75-80(101-84(89)71-67-63-59-55-51-47-41-35-31-27-23-19-15-11-7-3)77-99-103(91,92)97-73-79(86)74-98-104(93,94)100-78-81(102-85(90)72-68-64-60-56-52-48-42-36-32-28-24-20-16-12-8-4)76-96-83(88)70-66-62-58-54-50-46-44-40-38-34-30-26-22-18-14-10-6-2/h9-11,13-15,21-28,33-38,41-42,51,55,63,67,79-81,86H,5-8,12,16-20,29-32,39-40,43-50,52-54,56-62,64-66,68-78H2,1-4H3,(H,91,92)(H,93,94)/b13-9-,14-10-,15-11-,25-21-,26-22-,27-23-,28-24-,37-33-,38-34-,41-35-,42-36-,55-51-,67-63-. The zero-order chi connectivity index (χ0) is 76.0. The number of rotatable bonds is 73. The zero-order valence-corrected chi connectivity index (χ0v) is 66.4. The van der Waals surface area contributed by atoms with Gasteiger partial charge in [0, 0.05) is 19.3 Å². The van der Waals surface area contributed by atoms with Gasteiger partial charge in [-0.05, 0) is 148 Å². The number of hydrogen-bond acceptors (Lipinski definition) is 15. The van der Waals surface area contributed by atoms with Crippen LogP contribution < -0.4 is 0 Å². The molecule has 5 atom stereocenters. The first-order chi connectivity index (χ1) is 50.7. The van der Waals surface area contributed by atoms with Crippen LogP contribution in [0.25, 0.3) is 0 Å². The minimum absolute atomic E-state index is 0.0698. The van der Waals surface area contributed by atoms with Crippen molar-refractivity contribution in [2.75, 3.05) is 39.6 Å². The molecular weight excluding hydrogens is 1350 g/mol. The van der Waals surface area contributed by atoms with E-state index in [1.807, 2.05) is 12.2 Å². The summed E-state index contributed by atoms with van der Waals surface area (Å²) in [5.74, 6) is -2.37. The summed E-state index contributed by atoms with van der Waals surface area (Å²) in [5.41, 5.74) is 0. The van der Waals surface area contributed by atoms with Crippen LogP contribution in [-0.2, 0) is 65.4 Å². The number of carbonyl (C=O) groups excluding carboxylic acids is 4. The van der Waals surface area contributed by atoms with E-state index in [0.29, 0.717) is 25.7 Å². The molecule has 0 aromatic heterocycles. The third-order valence-electron chi connectivity index (χ3n) is 16.0. The molecule has 19 heteroatoms. The Morgan fingerprint density at radius 2 is 0.538 bits per heavy atom. The van der Waals surface area contributed by atoms with E-state index in [0.717, 1.165) is 199 Å². The van der Waals surface area contributed by atoms with Gasteiger partial charge >= 0.3 is 39.5 Å². The highest BCUT2D eigenvalue weighted by Gasteiger charge is 2.30. The number of phosphoric acid groups is 2. The van der Waals surface area contributed by atoms with Crippen molar-refractivity contribution in [3.63, 3.8) is 0 Å². The monoisotopic (exact) mass is 1490 g/mol. The van der Waals surface area contributed by atoms with Crippen LogP contribution in [-0.4, -0.2) is 96.7 Å². The van der Waals surface area contributed by atoms with Gasteiger partial charge in [0.15, 0.2) is 12.2 Å². The molecule has 0 rings (SSSR count). The van der Waals surface area contributed by atoms with Crippen molar-refractivity contribution in [2.24, 2.45) is 0 Å². The van der Waals surface area contributed by atoms with E-state index in [2.05, 4.69) is 161 Å². The van der Waals surface area contributed by atoms with Crippen LogP contribution in [0.15, 0.2) is 158 Å². The summed E-state index contributed by atoms with van der Waals surface area (Å²) in [6, 6.07) is 0. The predicted octanol–water partition coefficient (Wildman–Crippen LogP) is 23.2. The number of hydrogen-bond donors (Lipinski definition) is 3. The second-order valence-electron chi connectivity index (χ2n) is 25.9. The van der Waals surface area contributed by atoms with Crippen LogP contribution in [0.1, 0.15) is 297 Å². The first kappa shape index (κ1) is 98.7. The number of esters is 4. The highest BCUT2D eigenvalue weighted by atomic mass is 31.2. The summed E-state index contributed by atoms with van der Waals surface area (Å²) in [5, 5.41) is 10.6. The smallest absolute Gasteiger partial charge is 0.462 e. The Labute approximate surface area is 629 Å². The minimum atomic E-state index is -5.01. The molecule has 5 unspecified atom stereocenters. The fourth-order valence-corrected chi connectivity index (χ4v) is 11.6. The molecule has 0 amide bonds. The van der Waals surface area contributed by atoms with Gasteiger partial charge in [0.25, 0.3) is 0 Å². The maximum atomic E-state index is 13.1. The Kier molecular flexibility index (Phi) is 72.0. The Morgan fingerprint density at radius 3 is 0.856 bits per heavy atom. The van der Waals surface area contributed by atoms with Gasteiger partial charge in [0.1, 0.15) is 19.3 Å². The van der Waals surface area contributed by atoms with E-state index in [9.17, 15) is 43.2 Å². The lowest BCUT2D eigenvalue weighted by molar-refractivity contribution is -0.161. The second kappa shape index (κ2) is 75.9. The SMILES string of the molecule is CC/C=C\C/C=C\C/C=C\C/C=C\C/C=C\CC(=O)OC(COC(=O)CCCCCCCCC/C=C\C/C=C\C/C=C\CC)COP(=O)(O)OCC(O)COP(=O)(O)OCC(COC(=O)CCCCCCCCC/C=C\C/C=C\C/C=C\CC)OC(=O)CCCCCCC/C=C\C/C=C\CCCCC. The van der Waals surface area contributed by atoms with Crippen molar-refractivity contribution >= 4 is 39.5 Å². The summed E-state index contributed by atoms with van der Waals surface area (Å²) in [7, 11) is -10.0. The Hall–Kier alpha value is -5.32.